The molecule has 6 unspecified atom stereocenters. The molecule has 4 aliphatic carbocycles. The average Bonchev–Trinajstić information content (AvgIpc) is 3.04. The predicted molar refractivity (Wildman–Crippen MR) is 123 cm³/mol. The first-order chi connectivity index (χ1) is 14.1. The first-order valence-electron chi connectivity index (χ1n) is 12.5. The summed E-state index contributed by atoms with van der Waals surface area (Å²) in [6, 6.07) is 0. The molecule has 0 aromatic carbocycles. The summed E-state index contributed by atoms with van der Waals surface area (Å²) in [6.07, 6.45) is 10.0. The van der Waals surface area contributed by atoms with Crippen molar-refractivity contribution in [1.29, 1.82) is 0 Å². The van der Waals surface area contributed by atoms with Crippen molar-refractivity contribution in [3.8, 4) is 0 Å². The van der Waals surface area contributed by atoms with E-state index in [1.807, 2.05) is 0 Å². The second-order valence-corrected chi connectivity index (χ2v) is 11.9. The zero-order chi connectivity index (χ0) is 21.8. The number of carbonyl (C=O) groups is 2. The molecule has 4 aliphatic rings. The van der Waals surface area contributed by atoms with Gasteiger partial charge in [-0.2, -0.15) is 0 Å². The summed E-state index contributed by atoms with van der Waals surface area (Å²) in [4.78, 5) is 25.5. The number of hydrogen-bond donors (Lipinski definition) is 0. The topological polar surface area (TPSA) is 34.1 Å². The van der Waals surface area contributed by atoms with Gasteiger partial charge in [0.2, 0.25) is 0 Å². The van der Waals surface area contributed by atoms with Gasteiger partial charge >= 0.3 is 0 Å². The van der Waals surface area contributed by atoms with Gasteiger partial charge in [0.15, 0.2) is 5.78 Å². The Balaban J connectivity index is 1.58. The maximum Gasteiger partial charge on any atom is 0.159 e. The Morgan fingerprint density at radius 2 is 1.80 bits per heavy atom. The molecular weight excluding hydrogens is 368 g/mol. The third-order valence-electron chi connectivity index (χ3n) is 10.1. The molecule has 0 aliphatic heterocycles. The number of allylic oxidation sites excluding steroid dienone is 3. The second kappa shape index (κ2) is 7.75. The van der Waals surface area contributed by atoms with Crippen LogP contribution >= 0.6 is 0 Å². The molecule has 0 spiro atoms. The van der Waals surface area contributed by atoms with E-state index in [1.165, 1.54) is 42.4 Å². The molecule has 166 valence electrons. The first-order valence-corrected chi connectivity index (χ1v) is 12.5. The summed E-state index contributed by atoms with van der Waals surface area (Å²) in [5, 5.41) is 0. The summed E-state index contributed by atoms with van der Waals surface area (Å²) in [6.45, 7) is 16.1. The molecule has 0 saturated heterocycles. The van der Waals surface area contributed by atoms with Crippen molar-refractivity contribution >= 4 is 11.6 Å². The third kappa shape index (κ3) is 3.37. The highest BCUT2D eigenvalue weighted by atomic mass is 16.1. The molecule has 0 heterocycles. The molecule has 0 aromatic rings. The fraction of sp³-hybridized carbons (Fsp3) is 0.786. The molecule has 0 radical (unpaired) electrons. The van der Waals surface area contributed by atoms with E-state index in [2.05, 4.69) is 41.2 Å². The molecule has 0 amide bonds. The fourth-order valence-corrected chi connectivity index (χ4v) is 7.86. The van der Waals surface area contributed by atoms with E-state index >= 15 is 0 Å². The Morgan fingerprint density at radius 3 is 2.50 bits per heavy atom. The molecule has 2 heteroatoms. The summed E-state index contributed by atoms with van der Waals surface area (Å²) in [7, 11) is 0. The van der Waals surface area contributed by atoms with Crippen molar-refractivity contribution in [3.63, 3.8) is 0 Å². The molecule has 0 N–H and O–H groups in total. The average molecular weight is 411 g/mol. The van der Waals surface area contributed by atoms with E-state index in [0.717, 1.165) is 19.3 Å². The van der Waals surface area contributed by atoms with Crippen LogP contribution in [0.3, 0.4) is 0 Å². The minimum atomic E-state index is 0.0944. The monoisotopic (exact) mass is 410 g/mol. The summed E-state index contributed by atoms with van der Waals surface area (Å²) in [5.74, 6) is 3.43. The SMILES string of the molecule is C=C(CCC(C)C1CCC2C3=C(CCC21C)C1(C)CCC(=O)CC1CC3=O)C(C)C. The lowest BCUT2D eigenvalue weighted by Crippen LogP contribution is -2.47. The highest BCUT2D eigenvalue weighted by molar-refractivity contribution is 5.99. The first kappa shape index (κ1) is 22.0. The number of ketones is 2. The van der Waals surface area contributed by atoms with E-state index in [0.29, 0.717) is 54.5 Å². The van der Waals surface area contributed by atoms with Gasteiger partial charge in [-0.1, -0.05) is 52.3 Å². The molecular formula is C28H42O2. The molecule has 2 fully saturated rings. The van der Waals surface area contributed by atoms with Crippen molar-refractivity contribution in [2.45, 2.75) is 98.8 Å². The largest absolute Gasteiger partial charge is 0.300 e. The minimum absolute atomic E-state index is 0.0944. The zero-order valence-electron chi connectivity index (χ0n) is 20.0. The number of fused-ring (bicyclic) bond motifs is 4. The van der Waals surface area contributed by atoms with E-state index in [4.69, 9.17) is 0 Å². The Bertz CT molecular complexity index is 786. The molecule has 0 aromatic heterocycles. The van der Waals surface area contributed by atoms with Crippen molar-refractivity contribution in [2.75, 3.05) is 0 Å². The third-order valence-corrected chi connectivity index (χ3v) is 10.1. The van der Waals surface area contributed by atoms with Crippen molar-refractivity contribution in [3.05, 3.63) is 23.3 Å². The van der Waals surface area contributed by atoms with Gasteiger partial charge in [0.1, 0.15) is 5.78 Å². The molecule has 2 saturated carbocycles. The van der Waals surface area contributed by atoms with Gasteiger partial charge < -0.3 is 0 Å². The van der Waals surface area contributed by atoms with Crippen LogP contribution in [0.15, 0.2) is 23.3 Å². The van der Waals surface area contributed by atoms with Crippen LogP contribution < -0.4 is 0 Å². The van der Waals surface area contributed by atoms with Crippen molar-refractivity contribution < 1.29 is 9.59 Å². The van der Waals surface area contributed by atoms with Crippen molar-refractivity contribution in [1.82, 2.24) is 0 Å². The van der Waals surface area contributed by atoms with E-state index < -0.39 is 0 Å². The van der Waals surface area contributed by atoms with Crippen LogP contribution in [0.25, 0.3) is 0 Å². The zero-order valence-corrected chi connectivity index (χ0v) is 20.0. The fourth-order valence-electron chi connectivity index (χ4n) is 7.86. The lowest BCUT2D eigenvalue weighted by Gasteiger charge is -2.53. The van der Waals surface area contributed by atoms with Crippen LogP contribution in [0.5, 0.6) is 0 Å². The summed E-state index contributed by atoms with van der Waals surface area (Å²) in [5.41, 5.74) is 4.44. The van der Waals surface area contributed by atoms with Crippen LogP contribution in [0.4, 0.5) is 0 Å². The van der Waals surface area contributed by atoms with Crippen LogP contribution in [0.2, 0.25) is 0 Å². The number of rotatable bonds is 5. The maximum absolute atomic E-state index is 13.4. The minimum Gasteiger partial charge on any atom is -0.300 e. The van der Waals surface area contributed by atoms with Gasteiger partial charge in [0, 0.05) is 19.3 Å². The summed E-state index contributed by atoms with van der Waals surface area (Å²) < 4.78 is 0. The normalized spacial score (nSPS) is 39.6. The molecule has 6 atom stereocenters. The van der Waals surface area contributed by atoms with Gasteiger partial charge in [-0.25, -0.2) is 0 Å². The van der Waals surface area contributed by atoms with Gasteiger partial charge in [-0.05, 0) is 90.9 Å². The Labute approximate surface area is 184 Å². The highest BCUT2D eigenvalue weighted by Gasteiger charge is 2.57. The molecule has 4 rings (SSSR count). The predicted octanol–water partition coefficient (Wildman–Crippen LogP) is 7.09. The van der Waals surface area contributed by atoms with Crippen LogP contribution in [-0.2, 0) is 9.59 Å². The molecule has 2 nitrogen and oxygen atoms in total. The lowest BCUT2D eigenvalue weighted by molar-refractivity contribution is -0.127. The van der Waals surface area contributed by atoms with E-state index in [1.54, 1.807) is 0 Å². The van der Waals surface area contributed by atoms with E-state index in [-0.39, 0.29) is 16.7 Å². The second-order valence-electron chi connectivity index (χ2n) is 11.9. The Morgan fingerprint density at radius 1 is 1.07 bits per heavy atom. The van der Waals surface area contributed by atoms with Gasteiger partial charge in [-0.15, -0.1) is 0 Å². The van der Waals surface area contributed by atoms with Crippen molar-refractivity contribution in [2.24, 2.45) is 40.4 Å². The van der Waals surface area contributed by atoms with Gasteiger partial charge in [0.05, 0.1) is 0 Å². The number of hydrogen-bond acceptors (Lipinski definition) is 2. The number of carbonyl (C=O) groups excluding carboxylic acids is 2. The Hall–Kier alpha value is -1.18. The molecule has 30 heavy (non-hydrogen) atoms. The van der Waals surface area contributed by atoms with Gasteiger partial charge in [0.25, 0.3) is 0 Å². The van der Waals surface area contributed by atoms with Crippen LogP contribution in [-0.4, -0.2) is 11.6 Å². The smallest absolute Gasteiger partial charge is 0.159 e. The summed E-state index contributed by atoms with van der Waals surface area (Å²) >= 11 is 0. The molecule has 0 bridgehead atoms. The highest BCUT2D eigenvalue weighted by Crippen LogP contribution is 2.65. The standard InChI is InChI=1S/C28H42O2/c1-17(2)18(3)7-8-19(4)22-9-10-23-26-24(12-14-28(22,23)6)27(5)13-11-21(29)15-20(27)16-25(26)30/h17,19-20,22-23H,3,7-16H2,1-2,4-6H3. The maximum atomic E-state index is 13.4. The lowest BCUT2D eigenvalue weighted by atomic mass is 9.50. The van der Waals surface area contributed by atoms with Crippen LogP contribution in [0.1, 0.15) is 98.8 Å². The number of Topliss-reactive ketones (excluding diaryl/α,β-unsaturated/α-hetero) is 2. The quantitative estimate of drug-likeness (QED) is 0.454. The van der Waals surface area contributed by atoms with Gasteiger partial charge in [-0.3, -0.25) is 9.59 Å². The van der Waals surface area contributed by atoms with E-state index in [9.17, 15) is 9.59 Å². The Kier molecular flexibility index (Phi) is 5.69. The van der Waals surface area contributed by atoms with Crippen LogP contribution in [0, 0.1) is 40.4 Å².